The Morgan fingerprint density at radius 1 is 1.19 bits per heavy atom. The van der Waals surface area contributed by atoms with Crippen LogP contribution in [0.2, 0.25) is 0 Å². The first-order valence-corrected chi connectivity index (χ1v) is 5.15. The molecule has 0 radical (unpaired) electrons. The van der Waals surface area contributed by atoms with E-state index in [2.05, 4.69) is 0 Å². The van der Waals surface area contributed by atoms with E-state index in [0.717, 1.165) is 16.9 Å². The van der Waals surface area contributed by atoms with Gasteiger partial charge >= 0.3 is 0 Å². The molecule has 0 bridgehead atoms. The van der Waals surface area contributed by atoms with Gasteiger partial charge in [0.1, 0.15) is 11.6 Å². The maximum Gasteiger partial charge on any atom is 0.128 e. The van der Waals surface area contributed by atoms with Crippen molar-refractivity contribution in [3.8, 4) is 0 Å². The van der Waals surface area contributed by atoms with Gasteiger partial charge in [-0.05, 0) is 26.0 Å². The second kappa shape index (κ2) is 4.10. The van der Waals surface area contributed by atoms with Crippen molar-refractivity contribution in [2.45, 2.75) is 19.9 Å². The highest BCUT2D eigenvalue weighted by atomic mass is 19.1. The summed E-state index contributed by atoms with van der Waals surface area (Å²) in [6, 6.07) is 6.25. The third kappa shape index (κ3) is 1.86. The smallest absolute Gasteiger partial charge is 0.128 e. The van der Waals surface area contributed by atoms with E-state index in [1.165, 1.54) is 6.07 Å². The zero-order valence-corrected chi connectivity index (χ0v) is 9.33. The average Bonchev–Trinajstić information content (AvgIpc) is 2.67. The zero-order chi connectivity index (χ0) is 11.7. The minimum absolute atomic E-state index is 0.279. The Morgan fingerprint density at radius 2 is 1.94 bits per heavy atom. The lowest BCUT2D eigenvalue weighted by Crippen LogP contribution is -2.14. The average molecular weight is 219 g/mol. The van der Waals surface area contributed by atoms with Crippen LogP contribution in [0.3, 0.4) is 0 Å². The molecular formula is C13H14FNO. The summed E-state index contributed by atoms with van der Waals surface area (Å²) < 4.78 is 18.8. The second-order valence-electron chi connectivity index (χ2n) is 3.93. The van der Waals surface area contributed by atoms with Gasteiger partial charge in [0.2, 0.25) is 0 Å². The topological polar surface area (TPSA) is 39.2 Å². The molecule has 0 spiro atoms. The largest absolute Gasteiger partial charge is 0.469 e. The Bertz CT molecular complexity index is 504. The molecule has 1 aromatic carbocycles. The van der Waals surface area contributed by atoms with E-state index in [9.17, 15) is 4.39 Å². The van der Waals surface area contributed by atoms with Crippen LogP contribution >= 0.6 is 0 Å². The van der Waals surface area contributed by atoms with E-state index in [4.69, 9.17) is 10.2 Å². The molecule has 16 heavy (non-hydrogen) atoms. The second-order valence-corrected chi connectivity index (χ2v) is 3.93. The van der Waals surface area contributed by atoms with Crippen molar-refractivity contribution in [1.29, 1.82) is 0 Å². The monoisotopic (exact) mass is 219 g/mol. The molecule has 3 heteroatoms. The van der Waals surface area contributed by atoms with Crippen LogP contribution in [0, 0.1) is 19.7 Å². The van der Waals surface area contributed by atoms with Gasteiger partial charge in [0.15, 0.2) is 0 Å². The molecule has 0 saturated heterocycles. The van der Waals surface area contributed by atoms with Gasteiger partial charge in [0, 0.05) is 11.1 Å². The highest BCUT2D eigenvalue weighted by Crippen LogP contribution is 2.25. The van der Waals surface area contributed by atoms with E-state index >= 15 is 0 Å². The van der Waals surface area contributed by atoms with Crippen LogP contribution in [0.4, 0.5) is 4.39 Å². The Kier molecular flexibility index (Phi) is 2.79. The maximum atomic E-state index is 13.6. The number of rotatable bonds is 2. The minimum Gasteiger partial charge on any atom is -0.469 e. The van der Waals surface area contributed by atoms with Crippen molar-refractivity contribution in [2.75, 3.05) is 0 Å². The standard InChI is InChI=1S/C13H14FNO/c1-8-3-4-12(14)11(7-8)13(15)10-5-6-16-9(10)2/h3-7,13H,15H2,1-2H3. The van der Waals surface area contributed by atoms with Gasteiger partial charge in [0.05, 0.1) is 12.3 Å². The molecule has 0 aliphatic rings. The van der Waals surface area contributed by atoms with E-state index in [1.54, 1.807) is 24.5 Å². The van der Waals surface area contributed by atoms with Gasteiger partial charge in [-0.1, -0.05) is 17.7 Å². The van der Waals surface area contributed by atoms with Crippen LogP contribution in [0.15, 0.2) is 34.9 Å². The Hall–Kier alpha value is -1.61. The molecule has 0 fully saturated rings. The predicted molar refractivity (Wildman–Crippen MR) is 60.6 cm³/mol. The molecule has 0 amide bonds. The number of benzene rings is 1. The van der Waals surface area contributed by atoms with E-state index in [-0.39, 0.29) is 5.82 Å². The first kappa shape index (κ1) is 10.9. The van der Waals surface area contributed by atoms with E-state index in [1.807, 2.05) is 13.8 Å². The van der Waals surface area contributed by atoms with Crippen molar-refractivity contribution in [1.82, 2.24) is 0 Å². The molecule has 1 heterocycles. The molecule has 0 saturated carbocycles. The van der Waals surface area contributed by atoms with Crippen LogP contribution in [-0.2, 0) is 0 Å². The summed E-state index contributed by atoms with van der Waals surface area (Å²) in [4.78, 5) is 0. The fourth-order valence-corrected chi connectivity index (χ4v) is 1.79. The molecule has 1 aromatic heterocycles. The van der Waals surface area contributed by atoms with Crippen molar-refractivity contribution < 1.29 is 8.81 Å². The van der Waals surface area contributed by atoms with E-state index < -0.39 is 6.04 Å². The summed E-state index contributed by atoms with van der Waals surface area (Å²) >= 11 is 0. The molecule has 0 aliphatic heterocycles. The van der Waals surface area contributed by atoms with Gasteiger partial charge in [0.25, 0.3) is 0 Å². The fraction of sp³-hybridized carbons (Fsp3) is 0.231. The van der Waals surface area contributed by atoms with Gasteiger partial charge in [-0.3, -0.25) is 0 Å². The number of aryl methyl sites for hydroxylation is 2. The first-order chi connectivity index (χ1) is 7.59. The summed E-state index contributed by atoms with van der Waals surface area (Å²) in [6.07, 6.45) is 1.57. The number of furan rings is 1. The number of hydrogen-bond donors (Lipinski definition) is 1. The third-order valence-corrected chi connectivity index (χ3v) is 2.72. The van der Waals surface area contributed by atoms with Gasteiger partial charge in [-0.15, -0.1) is 0 Å². The molecule has 0 aliphatic carbocycles. The zero-order valence-electron chi connectivity index (χ0n) is 9.33. The summed E-state index contributed by atoms with van der Waals surface area (Å²) in [5.74, 6) is 0.451. The lowest BCUT2D eigenvalue weighted by molar-refractivity contribution is 0.526. The highest BCUT2D eigenvalue weighted by molar-refractivity contribution is 5.35. The molecule has 2 N–H and O–H groups in total. The number of halogens is 1. The summed E-state index contributed by atoms with van der Waals surface area (Å²) in [6.45, 7) is 3.74. The van der Waals surface area contributed by atoms with Crippen molar-refractivity contribution >= 4 is 0 Å². The molecule has 1 atom stereocenters. The Balaban J connectivity index is 2.45. The first-order valence-electron chi connectivity index (χ1n) is 5.15. The Labute approximate surface area is 93.9 Å². The maximum absolute atomic E-state index is 13.6. The van der Waals surface area contributed by atoms with Crippen molar-refractivity contribution in [2.24, 2.45) is 5.73 Å². The molecule has 2 nitrogen and oxygen atoms in total. The quantitative estimate of drug-likeness (QED) is 0.843. The highest BCUT2D eigenvalue weighted by Gasteiger charge is 2.17. The van der Waals surface area contributed by atoms with Gasteiger partial charge < -0.3 is 10.2 Å². The normalized spacial score (nSPS) is 12.8. The third-order valence-electron chi connectivity index (χ3n) is 2.72. The molecular weight excluding hydrogens is 205 g/mol. The molecule has 2 aromatic rings. The van der Waals surface area contributed by atoms with Crippen LogP contribution < -0.4 is 5.73 Å². The van der Waals surface area contributed by atoms with Crippen molar-refractivity contribution in [3.63, 3.8) is 0 Å². The van der Waals surface area contributed by atoms with Crippen LogP contribution in [-0.4, -0.2) is 0 Å². The lowest BCUT2D eigenvalue weighted by Gasteiger charge is -2.13. The minimum atomic E-state index is -0.473. The van der Waals surface area contributed by atoms with Crippen LogP contribution in [0.25, 0.3) is 0 Å². The number of nitrogens with two attached hydrogens (primary N) is 1. The molecule has 84 valence electrons. The Morgan fingerprint density at radius 3 is 2.56 bits per heavy atom. The van der Waals surface area contributed by atoms with Gasteiger partial charge in [-0.2, -0.15) is 0 Å². The lowest BCUT2D eigenvalue weighted by atomic mass is 9.98. The molecule has 1 unspecified atom stereocenters. The summed E-state index contributed by atoms with van der Waals surface area (Å²) in [7, 11) is 0. The predicted octanol–water partition coefficient (Wildman–Crippen LogP) is 3.08. The number of hydrogen-bond acceptors (Lipinski definition) is 2. The fourth-order valence-electron chi connectivity index (χ4n) is 1.79. The SMILES string of the molecule is Cc1ccc(F)c(C(N)c2ccoc2C)c1. The van der Waals surface area contributed by atoms with Gasteiger partial charge in [-0.25, -0.2) is 4.39 Å². The summed E-state index contributed by atoms with van der Waals surface area (Å²) in [5.41, 5.74) is 8.35. The van der Waals surface area contributed by atoms with Crippen LogP contribution in [0.1, 0.15) is 28.5 Å². The van der Waals surface area contributed by atoms with Crippen LogP contribution in [0.5, 0.6) is 0 Å². The van der Waals surface area contributed by atoms with Crippen molar-refractivity contribution in [3.05, 3.63) is 58.8 Å². The van der Waals surface area contributed by atoms with E-state index in [0.29, 0.717) is 5.56 Å². The molecule has 2 rings (SSSR count). The summed E-state index contributed by atoms with van der Waals surface area (Å²) in [5, 5.41) is 0.